The highest BCUT2D eigenvalue weighted by Gasteiger charge is 2.20. The highest BCUT2D eigenvalue weighted by atomic mass is 32.2. The molecule has 2 heterocycles. The molecule has 1 aliphatic rings. The smallest absolute Gasteiger partial charge is 0.225 e. The first-order valence-corrected chi connectivity index (χ1v) is 8.04. The highest BCUT2D eigenvalue weighted by molar-refractivity contribution is 7.98. The van der Waals surface area contributed by atoms with E-state index in [1.165, 1.54) is 25.0 Å². The number of hydrogen-bond acceptors (Lipinski definition) is 5. The number of nitrogens with zero attached hydrogens (tertiary/aromatic N) is 3. The molecular weight excluding hydrogens is 244 g/mol. The first-order chi connectivity index (χ1) is 8.90. The van der Waals surface area contributed by atoms with Crippen LogP contribution < -0.4 is 10.2 Å². The van der Waals surface area contributed by atoms with E-state index in [9.17, 15) is 0 Å². The largest absolute Gasteiger partial charge is 0.339 e. The number of piperidine rings is 1. The van der Waals surface area contributed by atoms with Gasteiger partial charge in [-0.25, -0.2) is 9.97 Å². The molecule has 1 atom stereocenters. The van der Waals surface area contributed by atoms with E-state index in [1.54, 1.807) is 0 Å². The molecule has 1 fully saturated rings. The second-order valence-electron chi connectivity index (χ2n) is 4.63. The van der Waals surface area contributed by atoms with Crippen molar-refractivity contribution in [3.05, 3.63) is 18.5 Å². The summed E-state index contributed by atoms with van der Waals surface area (Å²) in [5.41, 5.74) is 0. The van der Waals surface area contributed by atoms with Gasteiger partial charge < -0.3 is 10.2 Å². The van der Waals surface area contributed by atoms with Gasteiger partial charge in [0, 0.05) is 31.5 Å². The van der Waals surface area contributed by atoms with Crippen molar-refractivity contribution in [2.24, 2.45) is 0 Å². The molecule has 1 saturated heterocycles. The molecule has 1 aromatic rings. The molecule has 0 saturated carbocycles. The van der Waals surface area contributed by atoms with Gasteiger partial charge in [0.25, 0.3) is 0 Å². The van der Waals surface area contributed by atoms with Crippen molar-refractivity contribution in [2.75, 3.05) is 36.5 Å². The van der Waals surface area contributed by atoms with Gasteiger partial charge in [0.2, 0.25) is 5.95 Å². The van der Waals surface area contributed by atoms with Crippen molar-refractivity contribution in [3.63, 3.8) is 0 Å². The molecule has 4 nitrogen and oxygen atoms in total. The van der Waals surface area contributed by atoms with Crippen LogP contribution in [0.4, 0.5) is 5.95 Å². The Morgan fingerprint density at radius 3 is 3.06 bits per heavy atom. The number of nitrogens with one attached hydrogen (secondary N) is 1. The van der Waals surface area contributed by atoms with Gasteiger partial charge in [-0.3, -0.25) is 0 Å². The second kappa shape index (κ2) is 7.59. The first-order valence-electron chi connectivity index (χ1n) is 6.64. The third-order valence-electron chi connectivity index (χ3n) is 3.21. The quantitative estimate of drug-likeness (QED) is 0.795. The zero-order valence-corrected chi connectivity index (χ0v) is 11.8. The van der Waals surface area contributed by atoms with Crippen molar-refractivity contribution in [2.45, 2.75) is 25.3 Å². The summed E-state index contributed by atoms with van der Waals surface area (Å²) in [7, 11) is 0. The van der Waals surface area contributed by atoms with Crippen molar-refractivity contribution in [1.82, 2.24) is 15.3 Å². The van der Waals surface area contributed by atoms with Crippen LogP contribution in [-0.4, -0.2) is 47.7 Å². The summed E-state index contributed by atoms with van der Waals surface area (Å²) in [6.45, 7) is 3.23. The van der Waals surface area contributed by atoms with Crippen LogP contribution in [0, 0.1) is 0 Å². The summed E-state index contributed by atoms with van der Waals surface area (Å²) < 4.78 is 0. The van der Waals surface area contributed by atoms with Gasteiger partial charge in [-0.2, -0.15) is 11.8 Å². The lowest BCUT2D eigenvalue weighted by molar-refractivity contribution is 0.420. The average molecular weight is 266 g/mol. The number of anilines is 1. The molecule has 0 aromatic carbocycles. The summed E-state index contributed by atoms with van der Waals surface area (Å²) in [6, 6.07) is 2.45. The van der Waals surface area contributed by atoms with Crippen LogP contribution in [0.15, 0.2) is 18.5 Å². The predicted octanol–water partition coefficient (Wildman–Crippen LogP) is 1.79. The average Bonchev–Trinajstić information content (AvgIpc) is 2.45. The topological polar surface area (TPSA) is 41.0 Å². The number of hydrogen-bond donors (Lipinski definition) is 1. The fourth-order valence-corrected chi connectivity index (χ4v) is 2.74. The standard InChI is InChI=1S/C13H22N4S/c1-18-10-4-8-14-12-5-2-9-17(11-12)13-15-6-3-7-16-13/h3,6-7,12,14H,2,4-5,8-11H2,1H3. The van der Waals surface area contributed by atoms with Crippen molar-refractivity contribution in [1.29, 1.82) is 0 Å². The van der Waals surface area contributed by atoms with E-state index >= 15 is 0 Å². The maximum atomic E-state index is 4.33. The number of aromatic nitrogens is 2. The predicted molar refractivity (Wildman–Crippen MR) is 78.3 cm³/mol. The Kier molecular flexibility index (Phi) is 5.74. The minimum atomic E-state index is 0.587. The summed E-state index contributed by atoms with van der Waals surface area (Å²) in [6.07, 6.45) is 9.53. The molecular formula is C13H22N4S. The summed E-state index contributed by atoms with van der Waals surface area (Å²) in [5.74, 6) is 2.11. The van der Waals surface area contributed by atoms with Gasteiger partial charge in [0.1, 0.15) is 0 Å². The van der Waals surface area contributed by atoms with Gasteiger partial charge in [-0.05, 0) is 43.9 Å². The van der Waals surface area contributed by atoms with Crippen molar-refractivity contribution < 1.29 is 0 Å². The zero-order valence-electron chi connectivity index (χ0n) is 11.0. The van der Waals surface area contributed by atoms with Crippen LogP contribution in [0.3, 0.4) is 0 Å². The van der Waals surface area contributed by atoms with Crippen molar-refractivity contribution in [3.8, 4) is 0 Å². The number of thioether (sulfide) groups is 1. The lowest BCUT2D eigenvalue weighted by Gasteiger charge is -2.33. The van der Waals surface area contributed by atoms with Gasteiger partial charge in [0.15, 0.2) is 0 Å². The molecule has 100 valence electrons. The van der Waals surface area contributed by atoms with Crippen LogP contribution >= 0.6 is 11.8 Å². The molecule has 0 spiro atoms. The maximum Gasteiger partial charge on any atom is 0.225 e. The Bertz CT molecular complexity index is 333. The van der Waals surface area contributed by atoms with E-state index in [4.69, 9.17) is 0 Å². The summed E-state index contributed by atoms with van der Waals surface area (Å²) in [5, 5.41) is 3.65. The van der Waals surface area contributed by atoms with Gasteiger partial charge in [0.05, 0.1) is 0 Å². The maximum absolute atomic E-state index is 4.33. The van der Waals surface area contributed by atoms with E-state index < -0.39 is 0 Å². The second-order valence-corrected chi connectivity index (χ2v) is 5.62. The molecule has 1 aromatic heterocycles. The Hall–Kier alpha value is -0.810. The van der Waals surface area contributed by atoms with Crippen LogP contribution in [0.25, 0.3) is 0 Å². The Morgan fingerprint density at radius 1 is 1.44 bits per heavy atom. The minimum absolute atomic E-state index is 0.587. The fourth-order valence-electron chi connectivity index (χ4n) is 2.30. The Balaban J connectivity index is 1.78. The molecule has 5 heteroatoms. The highest BCUT2D eigenvalue weighted by Crippen LogP contribution is 2.15. The van der Waals surface area contributed by atoms with Crippen molar-refractivity contribution >= 4 is 17.7 Å². The molecule has 0 bridgehead atoms. The third-order valence-corrected chi connectivity index (χ3v) is 3.91. The van der Waals surface area contributed by atoms with Crippen LogP contribution in [0.1, 0.15) is 19.3 Å². The molecule has 1 unspecified atom stereocenters. The monoisotopic (exact) mass is 266 g/mol. The zero-order chi connectivity index (χ0) is 12.6. The molecule has 0 amide bonds. The van der Waals surface area contributed by atoms with E-state index in [2.05, 4.69) is 26.4 Å². The molecule has 1 aliphatic heterocycles. The lowest BCUT2D eigenvalue weighted by atomic mass is 10.1. The Morgan fingerprint density at radius 2 is 2.28 bits per heavy atom. The number of rotatable bonds is 6. The van der Waals surface area contributed by atoms with Crippen LogP contribution in [0.2, 0.25) is 0 Å². The van der Waals surface area contributed by atoms with E-state index in [1.807, 2.05) is 30.2 Å². The summed E-state index contributed by atoms with van der Waals surface area (Å²) in [4.78, 5) is 10.9. The lowest BCUT2D eigenvalue weighted by Crippen LogP contribution is -2.46. The molecule has 18 heavy (non-hydrogen) atoms. The summed E-state index contributed by atoms with van der Waals surface area (Å²) >= 11 is 1.92. The molecule has 1 N–H and O–H groups in total. The SMILES string of the molecule is CSCCCNC1CCCN(c2ncccn2)C1. The molecule has 0 radical (unpaired) electrons. The first kappa shape index (κ1) is 13.6. The molecule has 0 aliphatic carbocycles. The minimum Gasteiger partial charge on any atom is -0.339 e. The third kappa shape index (κ3) is 4.14. The van der Waals surface area contributed by atoms with Crippen LogP contribution in [-0.2, 0) is 0 Å². The van der Waals surface area contributed by atoms with Gasteiger partial charge >= 0.3 is 0 Å². The van der Waals surface area contributed by atoms with E-state index in [0.717, 1.165) is 25.6 Å². The fraction of sp³-hybridized carbons (Fsp3) is 0.692. The van der Waals surface area contributed by atoms with Gasteiger partial charge in [-0.1, -0.05) is 0 Å². The van der Waals surface area contributed by atoms with Gasteiger partial charge in [-0.15, -0.1) is 0 Å². The normalized spacial score (nSPS) is 20.1. The van der Waals surface area contributed by atoms with Crippen LogP contribution in [0.5, 0.6) is 0 Å². The molecule has 2 rings (SSSR count). The van der Waals surface area contributed by atoms with E-state index in [-0.39, 0.29) is 0 Å². The Labute approximate surface area is 114 Å². The van der Waals surface area contributed by atoms with E-state index in [0.29, 0.717) is 6.04 Å².